The summed E-state index contributed by atoms with van der Waals surface area (Å²) >= 11 is 0. The molecule has 0 fully saturated rings. The Balaban J connectivity index is 2.81. The van der Waals surface area contributed by atoms with E-state index in [0.29, 0.717) is 12.4 Å². The van der Waals surface area contributed by atoms with Crippen molar-refractivity contribution in [3.8, 4) is 12.3 Å². The SMILES string of the molecule is C#C/C(=C/c1ccccc1)OCC. The zero-order chi connectivity index (χ0) is 9.52. The van der Waals surface area contributed by atoms with E-state index in [9.17, 15) is 0 Å². The van der Waals surface area contributed by atoms with Crippen LogP contribution in [0.25, 0.3) is 6.08 Å². The van der Waals surface area contributed by atoms with Crippen LogP contribution in [0.4, 0.5) is 0 Å². The summed E-state index contributed by atoms with van der Waals surface area (Å²) in [6.07, 6.45) is 7.11. The average Bonchev–Trinajstić information content (AvgIpc) is 2.19. The number of benzene rings is 1. The fraction of sp³-hybridized carbons (Fsp3) is 0.167. The minimum Gasteiger partial charge on any atom is -0.486 e. The fourth-order valence-corrected chi connectivity index (χ4v) is 0.981. The Labute approximate surface area is 79.0 Å². The van der Waals surface area contributed by atoms with Crippen molar-refractivity contribution in [3.63, 3.8) is 0 Å². The molecular weight excluding hydrogens is 160 g/mol. The second-order valence-corrected chi connectivity index (χ2v) is 2.50. The molecule has 1 aromatic rings. The van der Waals surface area contributed by atoms with Crippen molar-refractivity contribution in [2.45, 2.75) is 6.92 Å². The Morgan fingerprint density at radius 1 is 1.46 bits per heavy atom. The summed E-state index contributed by atoms with van der Waals surface area (Å²) in [5.74, 6) is 3.07. The molecule has 0 aliphatic heterocycles. The Kier molecular flexibility index (Phi) is 3.66. The molecule has 0 aliphatic carbocycles. The number of rotatable bonds is 3. The van der Waals surface area contributed by atoms with Crippen LogP contribution in [0, 0.1) is 12.3 Å². The maximum atomic E-state index is 5.26. The van der Waals surface area contributed by atoms with Crippen molar-refractivity contribution in [2.75, 3.05) is 6.61 Å². The lowest BCUT2D eigenvalue weighted by molar-refractivity contribution is 0.249. The predicted molar refractivity (Wildman–Crippen MR) is 54.9 cm³/mol. The van der Waals surface area contributed by atoms with Crippen molar-refractivity contribution in [3.05, 3.63) is 41.7 Å². The zero-order valence-corrected chi connectivity index (χ0v) is 7.66. The highest BCUT2D eigenvalue weighted by Crippen LogP contribution is 2.06. The summed E-state index contributed by atoms with van der Waals surface area (Å²) < 4.78 is 5.22. The number of ether oxygens (including phenoxy) is 1. The molecule has 0 N–H and O–H groups in total. The quantitative estimate of drug-likeness (QED) is 0.503. The molecule has 1 nitrogen and oxygen atoms in total. The van der Waals surface area contributed by atoms with E-state index < -0.39 is 0 Å². The maximum Gasteiger partial charge on any atom is 0.170 e. The average molecular weight is 172 g/mol. The molecule has 0 unspecified atom stereocenters. The molecule has 0 aromatic heterocycles. The third kappa shape index (κ3) is 3.04. The summed E-state index contributed by atoms with van der Waals surface area (Å²) in [5, 5.41) is 0. The van der Waals surface area contributed by atoms with Crippen LogP contribution in [0.3, 0.4) is 0 Å². The van der Waals surface area contributed by atoms with Gasteiger partial charge >= 0.3 is 0 Å². The Bertz CT molecular complexity index is 317. The standard InChI is InChI=1S/C12H12O/c1-3-12(13-4-2)10-11-8-6-5-7-9-11/h1,5-10H,4H2,2H3/b12-10-. The summed E-state index contributed by atoms with van der Waals surface area (Å²) in [6.45, 7) is 2.51. The first-order valence-electron chi connectivity index (χ1n) is 4.23. The number of hydrogen-bond acceptors (Lipinski definition) is 1. The van der Waals surface area contributed by atoms with Crippen molar-refractivity contribution in [2.24, 2.45) is 0 Å². The number of allylic oxidation sites excluding steroid dienone is 1. The van der Waals surface area contributed by atoms with Gasteiger partial charge in [-0.1, -0.05) is 30.3 Å². The van der Waals surface area contributed by atoms with E-state index in [4.69, 9.17) is 11.2 Å². The highest BCUT2D eigenvalue weighted by Gasteiger charge is 1.91. The molecule has 13 heavy (non-hydrogen) atoms. The summed E-state index contributed by atoms with van der Waals surface area (Å²) in [6, 6.07) is 9.86. The van der Waals surface area contributed by atoms with Crippen LogP contribution in [-0.4, -0.2) is 6.61 Å². The minimum absolute atomic E-state index is 0.578. The first kappa shape index (κ1) is 9.41. The summed E-state index contributed by atoms with van der Waals surface area (Å²) in [7, 11) is 0. The van der Waals surface area contributed by atoms with Gasteiger partial charge in [-0.2, -0.15) is 0 Å². The number of hydrogen-bond donors (Lipinski definition) is 0. The number of terminal acetylenes is 1. The molecule has 0 aliphatic rings. The van der Waals surface area contributed by atoms with Crippen LogP contribution >= 0.6 is 0 Å². The van der Waals surface area contributed by atoms with Crippen LogP contribution in [0.15, 0.2) is 36.1 Å². The molecule has 66 valence electrons. The van der Waals surface area contributed by atoms with Crippen LogP contribution in [0.2, 0.25) is 0 Å². The molecular formula is C12H12O. The predicted octanol–water partition coefficient (Wildman–Crippen LogP) is 2.70. The molecule has 0 spiro atoms. The van der Waals surface area contributed by atoms with Gasteiger partial charge in [0, 0.05) is 0 Å². The normalized spacial score (nSPS) is 10.6. The second kappa shape index (κ2) is 5.05. The van der Waals surface area contributed by atoms with Crippen molar-refractivity contribution in [1.82, 2.24) is 0 Å². The van der Waals surface area contributed by atoms with Gasteiger partial charge in [0.15, 0.2) is 5.76 Å². The highest BCUT2D eigenvalue weighted by atomic mass is 16.5. The van der Waals surface area contributed by atoms with Crippen molar-refractivity contribution < 1.29 is 4.74 Å². The largest absolute Gasteiger partial charge is 0.486 e. The highest BCUT2D eigenvalue weighted by molar-refractivity contribution is 5.55. The van der Waals surface area contributed by atoms with Crippen LogP contribution in [-0.2, 0) is 4.74 Å². The van der Waals surface area contributed by atoms with Crippen LogP contribution in [0.5, 0.6) is 0 Å². The van der Waals surface area contributed by atoms with Crippen molar-refractivity contribution in [1.29, 1.82) is 0 Å². The molecule has 0 heterocycles. The summed E-state index contributed by atoms with van der Waals surface area (Å²) in [4.78, 5) is 0. The van der Waals surface area contributed by atoms with E-state index in [1.54, 1.807) is 0 Å². The van der Waals surface area contributed by atoms with Gasteiger partial charge in [0.2, 0.25) is 0 Å². The zero-order valence-electron chi connectivity index (χ0n) is 7.66. The topological polar surface area (TPSA) is 9.23 Å². The van der Waals surface area contributed by atoms with Gasteiger partial charge in [0.25, 0.3) is 0 Å². The Hall–Kier alpha value is -1.68. The smallest absolute Gasteiger partial charge is 0.170 e. The van der Waals surface area contributed by atoms with E-state index in [1.807, 2.05) is 43.3 Å². The maximum absolute atomic E-state index is 5.26. The molecule has 0 radical (unpaired) electrons. The first-order chi connectivity index (χ1) is 6.36. The van der Waals surface area contributed by atoms with E-state index in [0.717, 1.165) is 5.56 Å². The monoisotopic (exact) mass is 172 g/mol. The lowest BCUT2D eigenvalue weighted by Crippen LogP contribution is -1.87. The van der Waals surface area contributed by atoms with Gasteiger partial charge < -0.3 is 4.74 Å². The molecule has 0 bridgehead atoms. The van der Waals surface area contributed by atoms with E-state index in [-0.39, 0.29) is 0 Å². The van der Waals surface area contributed by atoms with Gasteiger partial charge in [0.1, 0.15) is 0 Å². The van der Waals surface area contributed by atoms with Gasteiger partial charge in [-0.15, -0.1) is 6.42 Å². The lowest BCUT2D eigenvalue weighted by atomic mass is 10.2. The van der Waals surface area contributed by atoms with Gasteiger partial charge in [-0.05, 0) is 24.5 Å². The Morgan fingerprint density at radius 2 is 2.15 bits per heavy atom. The first-order valence-corrected chi connectivity index (χ1v) is 4.23. The van der Waals surface area contributed by atoms with Gasteiger partial charge in [-0.3, -0.25) is 0 Å². The third-order valence-corrected chi connectivity index (χ3v) is 1.54. The Morgan fingerprint density at radius 3 is 2.69 bits per heavy atom. The van der Waals surface area contributed by atoms with E-state index in [1.165, 1.54) is 0 Å². The molecule has 0 saturated carbocycles. The fourth-order valence-electron chi connectivity index (χ4n) is 0.981. The molecule has 0 saturated heterocycles. The lowest BCUT2D eigenvalue weighted by Gasteiger charge is -2.00. The second-order valence-electron chi connectivity index (χ2n) is 2.50. The molecule has 0 atom stereocenters. The molecule has 1 aromatic carbocycles. The van der Waals surface area contributed by atoms with Gasteiger partial charge in [0.05, 0.1) is 6.61 Å². The van der Waals surface area contributed by atoms with E-state index >= 15 is 0 Å². The third-order valence-electron chi connectivity index (χ3n) is 1.54. The van der Waals surface area contributed by atoms with Crippen molar-refractivity contribution >= 4 is 6.08 Å². The van der Waals surface area contributed by atoms with Crippen LogP contribution < -0.4 is 0 Å². The summed E-state index contributed by atoms with van der Waals surface area (Å²) in [5.41, 5.74) is 1.06. The molecule has 1 heteroatoms. The van der Waals surface area contributed by atoms with E-state index in [2.05, 4.69) is 5.92 Å². The molecule has 1 rings (SSSR count). The molecule has 0 amide bonds. The van der Waals surface area contributed by atoms with Crippen LogP contribution in [0.1, 0.15) is 12.5 Å². The minimum atomic E-state index is 0.578. The van der Waals surface area contributed by atoms with Gasteiger partial charge in [-0.25, -0.2) is 0 Å².